The zero-order valence-corrected chi connectivity index (χ0v) is 9.36. The molecule has 1 aromatic rings. The summed E-state index contributed by atoms with van der Waals surface area (Å²) in [5.74, 6) is 0.869. The molecule has 1 saturated carbocycles. The van der Waals surface area contributed by atoms with Gasteiger partial charge in [0.15, 0.2) is 0 Å². The third kappa shape index (κ3) is 3.07. The molecule has 2 N–H and O–H groups in total. The summed E-state index contributed by atoms with van der Waals surface area (Å²) in [7, 11) is 0. The summed E-state index contributed by atoms with van der Waals surface area (Å²) in [6.07, 6.45) is 8.19. The van der Waals surface area contributed by atoms with Gasteiger partial charge in [-0.1, -0.05) is 62.4 Å². The zero-order valence-electron chi connectivity index (χ0n) is 9.36. The van der Waals surface area contributed by atoms with Gasteiger partial charge in [0.1, 0.15) is 0 Å². The average Bonchev–Trinajstić information content (AvgIpc) is 2.31. The highest BCUT2D eigenvalue weighted by atomic mass is 14.6. The van der Waals surface area contributed by atoms with Gasteiger partial charge in [0, 0.05) is 6.04 Å². The third-order valence-corrected chi connectivity index (χ3v) is 3.54. The van der Waals surface area contributed by atoms with E-state index in [1.54, 1.807) is 0 Å². The first-order chi connectivity index (χ1) is 7.36. The van der Waals surface area contributed by atoms with Crippen molar-refractivity contribution in [2.75, 3.05) is 0 Å². The second kappa shape index (κ2) is 5.32. The third-order valence-electron chi connectivity index (χ3n) is 3.54. The molecular weight excluding hydrogens is 182 g/mol. The highest BCUT2D eigenvalue weighted by Crippen LogP contribution is 2.30. The van der Waals surface area contributed by atoms with Crippen LogP contribution in [0.15, 0.2) is 30.3 Å². The van der Waals surface area contributed by atoms with Crippen molar-refractivity contribution in [1.82, 2.24) is 0 Å². The molecule has 0 aromatic heterocycles. The minimum absolute atomic E-state index is 0.245. The Morgan fingerprint density at radius 3 is 2.40 bits per heavy atom. The van der Waals surface area contributed by atoms with E-state index in [9.17, 15) is 0 Å². The molecule has 1 fully saturated rings. The standard InChI is InChI=1S/C14H21N/c15-14(13-9-5-2-6-10-13)11-12-7-3-1-4-8-12/h2,5-6,9-10,12,14H,1,3-4,7-8,11,15H2/t14-/m0/s1. The van der Waals surface area contributed by atoms with E-state index < -0.39 is 0 Å². The normalized spacial score (nSPS) is 20.1. The lowest BCUT2D eigenvalue weighted by Gasteiger charge is -2.24. The Kier molecular flexibility index (Phi) is 3.79. The van der Waals surface area contributed by atoms with E-state index in [1.165, 1.54) is 44.1 Å². The van der Waals surface area contributed by atoms with Crippen molar-refractivity contribution < 1.29 is 0 Å². The van der Waals surface area contributed by atoms with Crippen LogP contribution in [0.2, 0.25) is 0 Å². The van der Waals surface area contributed by atoms with E-state index in [0.717, 1.165) is 5.92 Å². The fraction of sp³-hybridized carbons (Fsp3) is 0.571. The predicted octanol–water partition coefficient (Wildman–Crippen LogP) is 3.66. The van der Waals surface area contributed by atoms with Crippen LogP contribution in [0.3, 0.4) is 0 Å². The van der Waals surface area contributed by atoms with E-state index in [1.807, 2.05) is 0 Å². The Morgan fingerprint density at radius 1 is 1.07 bits per heavy atom. The van der Waals surface area contributed by atoms with E-state index in [-0.39, 0.29) is 6.04 Å². The molecule has 0 radical (unpaired) electrons. The Balaban J connectivity index is 1.88. The van der Waals surface area contributed by atoms with Gasteiger partial charge in [-0.15, -0.1) is 0 Å². The van der Waals surface area contributed by atoms with Crippen molar-refractivity contribution in [1.29, 1.82) is 0 Å². The van der Waals surface area contributed by atoms with Crippen LogP contribution in [-0.2, 0) is 0 Å². The molecule has 1 aliphatic rings. The molecule has 0 heterocycles. The molecule has 1 aliphatic carbocycles. The quantitative estimate of drug-likeness (QED) is 0.797. The average molecular weight is 203 g/mol. The number of nitrogens with two attached hydrogens (primary N) is 1. The summed E-state index contributed by atoms with van der Waals surface area (Å²) >= 11 is 0. The van der Waals surface area contributed by atoms with Crippen molar-refractivity contribution in [3.8, 4) is 0 Å². The van der Waals surface area contributed by atoms with E-state index in [0.29, 0.717) is 0 Å². The van der Waals surface area contributed by atoms with Crippen molar-refractivity contribution in [2.24, 2.45) is 11.7 Å². The maximum absolute atomic E-state index is 6.23. The SMILES string of the molecule is N[C@@H](CC1CCCCC1)c1ccccc1. The minimum Gasteiger partial charge on any atom is -0.324 e. The molecule has 1 nitrogen and oxygen atoms in total. The molecule has 2 rings (SSSR count). The Labute approximate surface area is 92.7 Å². The highest BCUT2D eigenvalue weighted by Gasteiger charge is 2.17. The predicted molar refractivity (Wildman–Crippen MR) is 64.6 cm³/mol. The summed E-state index contributed by atoms with van der Waals surface area (Å²) < 4.78 is 0. The monoisotopic (exact) mass is 203 g/mol. The van der Waals surface area contributed by atoms with Crippen molar-refractivity contribution in [3.63, 3.8) is 0 Å². The molecule has 1 atom stereocenters. The van der Waals surface area contributed by atoms with E-state index >= 15 is 0 Å². The molecular formula is C14H21N. The lowest BCUT2D eigenvalue weighted by molar-refractivity contribution is 0.319. The highest BCUT2D eigenvalue weighted by molar-refractivity contribution is 5.18. The van der Waals surface area contributed by atoms with E-state index in [4.69, 9.17) is 5.73 Å². The summed E-state index contributed by atoms with van der Waals surface area (Å²) in [5, 5.41) is 0. The van der Waals surface area contributed by atoms with Crippen LogP contribution in [0, 0.1) is 5.92 Å². The van der Waals surface area contributed by atoms with Gasteiger partial charge in [0.2, 0.25) is 0 Å². The van der Waals surface area contributed by atoms with Gasteiger partial charge >= 0.3 is 0 Å². The molecule has 1 aromatic carbocycles. The van der Waals surface area contributed by atoms with Gasteiger partial charge in [0.05, 0.1) is 0 Å². The fourth-order valence-corrected chi connectivity index (χ4v) is 2.62. The maximum Gasteiger partial charge on any atom is 0.0297 e. The lowest BCUT2D eigenvalue weighted by atomic mass is 9.83. The topological polar surface area (TPSA) is 26.0 Å². The Morgan fingerprint density at radius 2 is 1.73 bits per heavy atom. The van der Waals surface area contributed by atoms with E-state index in [2.05, 4.69) is 30.3 Å². The molecule has 0 bridgehead atoms. The van der Waals surface area contributed by atoms with Crippen LogP contribution in [-0.4, -0.2) is 0 Å². The number of hydrogen-bond acceptors (Lipinski definition) is 1. The van der Waals surface area contributed by atoms with Crippen LogP contribution >= 0.6 is 0 Å². The number of rotatable bonds is 3. The lowest BCUT2D eigenvalue weighted by Crippen LogP contribution is -2.17. The Bertz CT molecular complexity index is 275. The van der Waals surface area contributed by atoms with Gasteiger partial charge in [-0.3, -0.25) is 0 Å². The summed E-state index contributed by atoms with van der Waals surface area (Å²) in [6, 6.07) is 10.7. The maximum atomic E-state index is 6.23. The number of benzene rings is 1. The van der Waals surface area contributed by atoms with Crippen LogP contribution < -0.4 is 5.73 Å². The van der Waals surface area contributed by atoms with Crippen LogP contribution in [0.4, 0.5) is 0 Å². The molecule has 0 unspecified atom stereocenters. The molecule has 15 heavy (non-hydrogen) atoms. The van der Waals surface area contributed by atoms with Gasteiger partial charge in [-0.05, 0) is 17.9 Å². The zero-order chi connectivity index (χ0) is 10.5. The summed E-state index contributed by atoms with van der Waals surface area (Å²) in [5.41, 5.74) is 7.52. The first-order valence-electron chi connectivity index (χ1n) is 6.17. The van der Waals surface area contributed by atoms with Gasteiger partial charge < -0.3 is 5.73 Å². The van der Waals surface area contributed by atoms with Gasteiger partial charge in [-0.2, -0.15) is 0 Å². The van der Waals surface area contributed by atoms with Crippen LogP contribution in [0.1, 0.15) is 50.1 Å². The van der Waals surface area contributed by atoms with Gasteiger partial charge in [-0.25, -0.2) is 0 Å². The van der Waals surface area contributed by atoms with Crippen molar-refractivity contribution in [2.45, 2.75) is 44.6 Å². The number of hydrogen-bond donors (Lipinski definition) is 1. The smallest absolute Gasteiger partial charge is 0.0297 e. The molecule has 0 saturated heterocycles. The second-order valence-electron chi connectivity index (χ2n) is 4.76. The first kappa shape index (κ1) is 10.7. The molecule has 1 heteroatoms. The second-order valence-corrected chi connectivity index (χ2v) is 4.76. The fourth-order valence-electron chi connectivity index (χ4n) is 2.62. The Hall–Kier alpha value is -0.820. The first-order valence-corrected chi connectivity index (χ1v) is 6.17. The van der Waals surface area contributed by atoms with Crippen molar-refractivity contribution in [3.05, 3.63) is 35.9 Å². The summed E-state index contributed by atoms with van der Waals surface area (Å²) in [4.78, 5) is 0. The summed E-state index contributed by atoms with van der Waals surface area (Å²) in [6.45, 7) is 0. The van der Waals surface area contributed by atoms with Gasteiger partial charge in [0.25, 0.3) is 0 Å². The van der Waals surface area contributed by atoms with Crippen LogP contribution in [0.5, 0.6) is 0 Å². The molecule has 82 valence electrons. The molecule has 0 amide bonds. The van der Waals surface area contributed by atoms with Crippen molar-refractivity contribution >= 4 is 0 Å². The molecule has 0 spiro atoms. The molecule has 0 aliphatic heterocycles. The minimum atomic E-state index is 0.245. The largest absolute Gasteiger partial charge is 0.324 e. The van der Waals surface area contributed by atoms with Crippen LogP contribution in [0.25, 0.3) is 0 Å².